The van der Waals surface area contributed by atoms with Crippen LogP contribution in [-0.2, 0) is 0 Å². The van der Waals surface area contributed by atoms with Gasteiger partial charge in [-0.2, -0.15) is 0 Å². The van der Waals surface area contributed by atoms with Crippen molar-refractivity contribution >= 4 is 0 Å². The second kappa shape index (κ2) is 3.40. The van der Waals surface area contributed by atoms with Gasteiger partial charge >= 0.3 is 0 Å². The molecule has 1 saturated carbocycles. The van der Waals surface area contributed by atoms with Crippen LogP contribution >= 0.6 is 0 Å². The van der Waals surface area contributed by atoms with Crippen molar-refractivity contribution in [3.05, 3.63) is 0 Å². The van der Waals surface area contributed by atoms with E-state index < -0.39 is 0 Å². The fourth-order valence-electron chi connectivity index (χ4n) is 2.55. The van der Waals surface area contributed by atoms with Gasteiger partial charge in [0.05, 0.1) is 0 Å². The third kappa shape index (κ3) is 2.80. The predicted octanol–water partition coefficient (Wildman–Crippen LogP) is 4.10. The van der Waals surface area contributed by atoms with E-state index in [1.54, 1.807) is 0 Å². The molecule has 1 aliphatic carbocycles. The normalized spacial score (nSPS) is 31.8. The number of rotatable bonds is 3. The van der Waals surface area contributed by atoms with Gasteiger partial charge in [-0.3, -0.25) is 0 Å². The van der Waals surface area contributed by atoms with E-state index in [9.17, 15) is 0 Å². The molecule has 0 N–H and O–H groups in total. The summed E-state index contributed by atoms with van der Waals surface area (Å²) in [5.74, 6) is 3.09. The molecule has 0 spiro atoms. The van der Waals surface area contributed by atoms with Crippen molar-refractivity contribution in [3.8, 4) is 0 Å². The van der Waals surface area contributed by atoms with Crippen molar-refractivity contribution in [1.82, 2.24) is 0 Å². The van der Waals surface area contributed by atoms with Gasteiger partial charge in [-0.1, -0.05) is 41.0 Å². The van der Waals surface area contributed by atoms with E-state index in [4.69, 9.17) is 0 Å². The van der Waals surface area contributed by atoms with Crippen LogP contribution in [0.5, 0.6) is 0 Å². The van der Waals surface area contributed by atoms with Crippen LogP contribution in [0.25, 0.3) is 0 Å². The molecule has 0 radical (unpaired) electrons. The Hall–Kier alpha value is 0. The van der Waals surface area contributed by atoms with Gasteiger partial charge in [0.1, 0.15) is 0 Å². The molecule has 0 aromatic rings. The lowest BCUT2D eigenvalue weighted by Gasteiger charge is -2.23. The summed E-state index contributed by atoms with van der Waals surface area (Å²) in [6, 6.07) is 0. The number of hydrogen-bond donors (Lipinski definition) is 0. The van der Waals surface area contributed by atoms with Crippen LogP contribution < -0.4 is 0 Å². The molecule has 0 aromatic carbocycles. The highest BCUT2D eigenvalue weighted by Gasteiger charge is 2.40. The Kier molecular flexibility index (Phi) is 2.85. The standard InChI is InChI=1S/C12H24/c1-6-10-7-11(10)9(2)8-12(3,4)5/h9-11H,6-8H2,1-5H3. The summed E-state index contributed by atoms with van der Waals surface area (Å²) in [5, 5.41) is 0. The maximum absolute atomic E-state index is 2.44. The Bertz CT molecular complexity index is 141. The fraction of sp³-hybridized carbons (Fsp3) is 1.00. The average Bonchev–Trinajstić information content (AvgIpc) is 2.60. The maximum atomic E-state index is 2.44. The summed E-state index contributed by atoms with van der Waals surface area (Å²) >= 11 is 0. The van der Waals surface area contributed by atoms with Crippen molar-refractivity contribution in [2.24, 2.45) is 23.2 Å². The summed E-state index contributed by atoms with van der Waals surface area (Å²) < 4.78 is 0. The summed E-state index contributed by atoms with van der Waals surface area (Å²) in [6.45, 7) is 11.8. The quantitative estimate of drug-likeness (QED) is 0.595. The molecule has 1 fully saturated rings. The molecule has 1 aliphatic rings. The van der Waals surface area contributed by atoms with Crippen LogP contribution in [0.2, 0.25) is 0 Å². The summed E-state index contributed by atoms with van der Waals surface area (Å²) in [5.41, 5.74) is 0.528. The minimum atomic E-state index is 0.528. The topological polar surface area (TPSA) is 0 Å². The summed E-state index contributed by atoms with van der Waals surface area (Å²) in [4.78, 5) is 0. The van der Waals surface area contributed by atoms with Crippen LogP contribution in [0.1, 0.15) is 53.9 Å². The molecule has 1 rings (SSSR count). The van der Waals surface area contributed by atoms with Crippen LogP contribution in [0.4, 0.5) is 0 Å². The lowest BCUT2D eigenvalue weighted by molar-refractivity contribution is 0.279. The molecule has 0 saturated heterocycles. The molecule has 0 heterocycles. The SMILES string of the molecule is CCC1CC1C(C)CC(C)(C)C. The van der Waals surface area contributed by atoms with Crippen LogP contribution in [0.3, 0.4) is 0 Å². The van der Waals surface area contributed by atoms with Gasteiger partial charge < -0.3 is 0 Å². The fourth-order valence-corrected chi connectivity index (χ4v) is 2.55. The zero-order valence-corrected chi connectivity index (χ0v) is 9.35. The molecule has 72 valence electrons. The largest absolute Gasteiger partial charge is 0.0651 e. The Labute approximate surface area is 77.7 Å². The van der Waals surface area contributed by atoms with E-state index in [2.05, 4.69) is 34.6 Å². The number of hydrogen-bond acceptors (Lipinski definition) is 0. The summed E-state index contributed by atoms with van der Waals surface area (Å²) in [7, 11) is 0. The zero-order chi connectivity index (χ0) is 9.35. The minimum Gasteiger partial charge on any atom is -0.0651 e. The highest BCUT2D eigenvalue weighted by atomic mass is 14.4. The van der Waals surface area contributed by atoms with Crippen molar-refractivity contribution in [2.45, 2.75) is 53.9 Å². The predicted molar refractivity (Wildman–Crippen MR) is 55.1 cm³/mol. The van der Waals surface area contributed by atoms with Crippen LogP contribution in [0.15, 0.2) is 0 Å². The second-order valence-electron chi connectivity index (χ2n) is 5.81. The van der Waals surface area contributed by atoms with E-state index >= 15 is 0 Å². The highest BCUT2D eigenvalue weighted by molar-refractivity contribution is 4.89. The lowest BCUT2D eigenvalue weighted by Crippen LogP contribution is -2.12. The first kappa shape index (κ1) is 10.1. The second-order valence-corrected chi connectivity index (χ2v) is 5.81. The van der Waals surface area contributed by atoms with Gasteiger partial charge in [-0.25, -0.2) is 0 Å². The monoisotopic (exact) mass is 168 g/mol. The van der Waals surface area contributed by atoms with Gasteiger partial charge in [0.15, 0.2) is 0 Å². The Morgan fingerprint density at radius 1 is 1.33 bits per heavy atom. The van der Waals surface area contributed by atoms with E-state index in [0.717, 1.165) is 17.8 Å². The van der Waals surface area contributed by atoms with Crippen molar-refractivity contribution in [2.75, 3.05) is 0 Å². The molecule has 12 heavy (non-hydrogen) atoms. The van der Waals surface area contributed by atoms with Crippen LogP contribution in [0, 0.1) is 23.2 Å². The lowest BCUT2D eigenvalue weighted by atomic mass is 9.83. The Morgan fingerprint density at radius 3 is 2.25 bits per heavy atom. The molecule has 0 bridgehead atoms. The van der Waals surface area contributed by atoms with Crippen molar-refractivity contribution in [3.63, 3.8) is 0 Å². The smallest absolute Gasteiger partial charge is 0.0357 e. The average molecular weight is 168 g/mol. The Morgan fingerprint density at radius 2 is 1.92 bits per heavy atom. The Balaban J connectivity index is 2.26. The van der Waals surface area contributed by atoms with Gasteiger partial charge in [-0.05, 0) is 36.0 Å². The maximum Gasteiger partial charge on any atom is -0.0357 e. The van der Waals surface area contributed by atoms with Crippen molar-refractivity contribution in [1.29, 1.82) is 0 Å². The van der Waals surface area contributed by atoms with E-state index in [0.29, 0.717) is 5.41 Å². The van der Waals surface area contributed by atoms with E-state index in [1.807, 2.05) is 0 Å². The van der Waals surface area contributed by atoms with Crippen LogP contribution in [-0.4, -0.2) is 0 Å². The van der Waals surface area contributed by atoms with E-state index in [1.165, 1.54) is 19.3 Å². The molecular formula is C12H24. The molecular weight excluding hydrogens is 144 g/mol. The van der Waals surface area contributed by atoms with Gasteiger partial charge in [0.25, 0.3) is 0 Å². The summed E-state index contributed by atoms with van der Waals surface area (Å²) in [6.07, 6.45) is 4.31. The van der Waals surface area contributed by atoms with Gasteiger partial charge in [0.2, 0.25) is 0 Å². The first-order valence-electron chi connectivity index (χ1n) is 5.44. The molecule has 3 unspecified atom stereocenters. The third-order valence-corrected chi connectivity index (χ3v) is 3.17. The molecule has 0 heteroatoms. The first-order valence-corrected chi connectivity index (χ1v) is 5.44. The van der Waals surface area contributed by atoms with Gasteiger partial charge in [0, 0.05) is 0 Å². The van der Waals surface area contributed by atoms with Gasteiger partial charge in [-0.15, -0.1) is 0 Å². The van der Waals surface area contributed by atoms with E-state index in [-0.39, 0.29) is 0 Å². The first-order chi connectivity index (χ1) is 5.44. The molecule has 0 nitrogen and oxygen atoms in total. The zero-order valence-electron chi connectivity index (χ0n) is 9.35. The molecule has 0 aromatic heterocycles. The highest BCUT2D eigenvalue weighted by Crippen LogP contribution is 2.49. The van der Waals surface area contributed by atoms with Crippen molar-refractivity contribution < 1.29 is 0 Å². The molecule has 3 atom stereocenters. The molecule has 0 aliphatic heterocycles. The minimum absolute atomic E-state index is 0.528. The molecule has 0 amide bonds. The third-order valence-electron chi connectivity index (χ3n) is 3.17.